The van der Waals surface area contributed by atoms with Crippen LogP contribution in [-0.2, 0) is 42.6 Å². The van der Waals surface area contributed by atoms with Gasteiger partial charge < -0.3 is 26.3 Å². The molecule has 216 valence electrons. The van der Waals surface area contributed by atoms with Crippen molar-refractivity contribution in [3.8, 4) is 0 Å². The Morgan fingerprint density at radius 3 is 2.67 bits per heavy atom. The number of Topliss-reactive ketones (excluding diaryl/α,β-unsaturated/α-hetero) is 1. The van der Waals surface area contributed by atoms with Crippen LogP contribution < -0.4 is 16.4 Å². The first-order chi connectivity index (χ1) is 19.0. The second kappa shape index (κ2) is 10.8. The highest BCUT2D eigenvalue weighted by Gasteiger charge is 2.56. The van der Waals surface area contributed by atoms with Gasteiger partial charge in [-0.25, -0.2) is 14.1 Å². The van der Waals surface area contributed by atoms with Gasteiger partial charge in [0.05, 0.1) is 30.4 Å². The monoisotopic (exact) mass is 597 g/mol. The molecule has 6 N–H and O–H groups in total. The minimum atomic E-state index is -4.93. The number of carbonyl (C=O) groups excluding carboxylic acids is 2. The Bertz CT molecular complexity index is 1450. The number of β-lactam (4-membered cyclic amide) rings is 1. The molecule has 0 unspecified atom stereocenters. The van der Waals surface area contributed by atoms with Crippen molar-refractivity contribution in [1.29, 1.82) is 0 Å². The van der Waals surface area contributed by atoms with Gasteiger partial charge in [0.2, 0.25) is 11.5 Å². The molecule has 0 aromatic carbocycles. The van der Waals surface area contributed by atoms with E-state index in [0.717, 1.165) is 31.0 Å². The fourth-order valence-corrected chi connectivity index (χ4v) is 5.84. The number of carboxylic acids is 1. The number of nitrogens with zero attached hydrogens (tertiary/aromatic N) is 6. The van der Waals surface area contributed by atoms with Crippen LogP contribution in [-0.4, -0.2) is 97.0 Å². The van der Waals surface area contributed by atoms with Gasteiger partial charge >= 0.3 is 16.3 Å². The summed E-state index contributed by atoms with van der Waals surface area (Å²) in [6.45, 7) is 2.89. The van der Waals surface area contributed by atoms with Crippen LogP contribution in [0.15, 0.2) is 16.7 Å². The summed E-state index contributed by atoms with van der Waals surface area (Å²) in [5.74, 6) is -3.63. The number of oxime groups is 1. The highest BCUT2D eigenvalue weighted by atomic mass is 32.2. The second-order valence-corrected chi connectivity index (χ2v) is 12.0. The SMILES string of the molecule is Nc1nc(/C(=N/OC2(C(=O)O)CC2)C(=O)C[C@@H]2C(=O)N(S(=O)(=O)O)[C@@H]2Cn2ncc(CNCC3CNC3)n2)cs1. The number of carbonyl (C=O) groups is 3. The van der Waals surface area contributed by atoms with Crippen molar-refractivity contribution in [2.45, 2.75) is 44.0 Å². The van der Waals surface area contributed by atoms with Gasteiger partial charge in [0.15, 0.2) is 16.6 Å². The molecule has 2 aromatic heterocycles. The molecule has 17 nitrogen and oxygen atoms in total. The fraction of sp³-hybridized carbons (Fsp3) is 0.571. The molecule has 0 radical (unpaired) electrons. The van der Waals surface area contributed by atoms with Gasteiger partial charge in [-0.2, -0.15) is 23.4 Å². The van der Waals surface area contributed by atoms with Crippen LogP contribution in [0, 0.1) is 11.8 Å². The maximum absolute atomic E-state index is 13.3. The third-order valence-corrected chi connectivity index (χ3v) is 8.55. The van der Waals surface area contributed by atoms with Gasteiger partial charge in [-0.15, -0.1) is 11.3 Å². The van der Waals surface area contributed by atoms with Crippen LogP contribution in [0.2, 0.25) is 0 Å². The number of nitrogens with one attached hydrogen (secondary N) is 2. The first kappa shape index (κ1) is 28.0. The number of aromatic nitrogens is 4. The Morgan fingerprint density at radius 1 is 1.35 bits per heavy atom. The van der Waals surface area contributed by atoms with E-state index in [-0.39, 0.29) is 40.2 Å². The third-order valence-electron chi connectivity index (χ3n) is 6.93. The predicted molar refractivity (Wildman–Crippen MR) is 137 cm³/mol. The van der Waals surface area contributed by atoms with Crippen molar-refractivity contribution in [2.75, 3.05) is 25.4 Å². The zero-order valence-electron chi connectivity index (χ0n) is 21.0. The molecule has 1 aliphatic carbocycles. The lowest BCUT2D eigenvalue weighted by Gasteiger charge is -2.43. The van der Waals surface area contributed by atoms with Crippen molar-refractivity contribution in [2.24, 2.45) is 17.0 Å². The Labute approximate surface area is 231 Å². The quantitative estimate of drug-likeness (QED) is 0.0702. The maximum Gasteiger partial charge on any atom is 0.362 e. The number of rotatable bonds is 14. The molecule has 3 fully saturated rings. The highest BCUT2D eigenvalue weighted by molar-refractivity contribution is 7.84. The summed E-state index contributed by atoms with van der Waals surface area (Å²) in [6, 6.07) is -1.17. The third kappa shape index (κ3) is 5.82. The van der Waals surface area contributed by atoms with Crippen molar-refractivity contribution in [3.05, 3.63) is 23.0 Å². The van der Waals surface area contributed by atoms with Crippen LogP contribution in [0.3, 0.4) is 0 Å². The number of nitrogens with two attached hydrogens (primary N) is 1. The summed E-state index contributed by atoms with van der Waals surface area (Å²) in [5.41, 5.74) is 4.38. The van der Waals surface area contributed by atoms with E-state index in [0.29, 0.717) is 18.2 Å². The molecule has 2 aliphatic heterocycles. The van der Waals surface area contributed by atoms with E-state index in [1.165, 1.54) is 16.4 Å². The number of anilines is 1. The number of aliphatic carboxylic acids is 1. The molecule has 0 bridgehead atoms. The smallest absolute Gasteiger partial charge is 0.362 e. The molecule has 2 aromatic rings. The first-order valence-electron chi connectivity index (χ1n) is 12.3. The topological polar surface area (TPSA) is 244 Å². The maximum atomic E-state index is 13.3. The lowest BCUT2D eigenvalue weighted by Crippen LogP contribution is -2.64. The number of amides is 1. The zero-order valence-corrected chi connectivity index (χ0v) is 22.6. The van der Waals surface area contributed by atoms with Crippen LogP contribution in [0.25, 0.3) is 0 Å². The van der Waals surface area contributed by atoms with Crippen molar-refractivity contribution < 1.29 is 37.3 Å². The molecule has 2 atom stereocenters. The minimum Gasteiger partial charge on any atom is -0.478 e. The normalized spacial score (nSPS) is 22.5. The molecule has 19 heteroatoms. The van der Waals surface area contributed by atoms with E-state index in [1.54, 1.807) is 0 Å². The molecule has 40 heavy (non-hydrogen) atoms. The molecule has 2 saturated heterocycles. The van der Waals surface area contributed by atoms with Gasteiger partial charge in [-0.3, -0.25) is 14.1 Å². The molecular formula is C21H27N9O8S2. The number of nitrogen functional groups attached to an aromatic ring is 1. The van der Waals surface area contributed by atoms with Crippen LogP contribution in [0.5, 0.6) is 0 Å². The van der Waals surface area contributed by atoms with Gasteiger partial charge in [-0.1, -0.05) is 5.16 Å². The molecule has 5 rings (SSSR count). The number of carboxylic acid groups (broad SMARTS) is 1. The molecular weight excluding hydrogens is 570 g/mol. The van der Waals surface area contributed by atoms with E-state index < -0.39 is 51.9 Å². The van der Waals surface area contributed by atoms with Gasteiger partial charge in [-0.05, 0) is 5.92 Å². The Morgan fingerprint density at radius 2 is 2.10 bits per heavy atom. The van der Waals surface area contributed by atoms with Crippen LogP contribution in [0.1, 0.15) is 30.7 Å². The van der Waals surface area contributed by atoms with Gasteiger partial charge in [0, 0.05) is 50.8 Å². The Hall–Kier alpha value is -3.52. The average Bonchev–Trinajstić information content (AvgIpc) is 3.32. The van der Waals surface area contributed by atoms with Crippen molar-refractivity contribution >= 4 is 50.1 Å². The lowest BCUT2D eigenvalue weighted by molar-refractivity contribution is -0.153. The molecule has 1 saturated carbocycles. The number of hydrogen-bond acceptors (Lipinski definition) is 14. The van der Waals surface area contributed by atoms with E-state index in [9.17, 15) is 32.5 Å². The Kier molecular flexibility index (Phi) is 7.57. The van der Waals surface area contributed by atoms with Crippen LogP contribution in [0.4, 0.5) is 5.13 Å². The molecule has 4 heterocycles. The molecule has 1 amide bonds. The van der Waals surface area contributed by atoms with Crippen molar-refractivity contribution in [3.63, 3.8) is 0 Å². The largest absolute Gasteiger partial charge is 0.478 e. The van der Waals surface area contributed by atoms with Crippen LogP contribution >= 0.6 is 11.3 Å². The molecule has 0 spiro atoms. The fourth-order valence-electron chi connectivity index (χ4n) is 4.37. The van der Waals surface area contributed by atoms with E-state index >= 15 is 0 Å². The van der Waals surface area contributed by atoms with E-state index in [1.807, 2.05) is 0 Å². The van der Waals surface area contributed by atoms with E-state index in [2.05, 4.69) is 31.0 Å². The summed E-state index contributed by atoms with van der Waals surface area (Å²) >= 11 is 1.01. The average molecular weight is 598 g/mol. The summed E-state index contributed by atoms with van der Waals surface area (Å²) < 4.78 is 33.8. The second-order valence-electron chi connectivity index (χ2n) is 9.86. The minimum absolute atomic E-state index is 0.0206. The number of ketones is 1. The standard InChI is InChI=1S/C21H27N9O8S2/c22-20-26-14(10-39-20)17(28-38-21(1-2-21)19(33)34)16(31)3-13-15(30(18(13)32)40(35,36)37)9-29-25-8-12(27-29)7-24-6-11-4-23-5-11/h8,10-11,13,15,23-24H,1-7,9H2,(H2,22,26)(H,33,34)(H,35,36,37)/b28-17-/t13-,15+/m0/s1. The highest BCUT2D eigenvalue weighted by Crippen LogP contribution is 2.40. The summed E-state index contributed by atoms with van der Waals surface area (Å²) in [6.07, 6.45) is 1.37. The summed E-state index contributed by atoms with van der Waals surface area (Å²) in [7, 11) is -4.93. The van der Waals surface area contributed by atoms with Gasteiger partial charge in [0.25, 0.3) is 0 Å². The summed E-state index contributed by atoms with van der Waals surface area (Å²) in [4.78, 5) is 47.9. The Balaban J connectivity index is 1.30. The first-order valence-corrected chi connectivity index (χ1v) is 14.6. The lowest BCUT2D eigenvalue weighted by atomic mass is 9.84. The van der Waals surface area contributed by atoms with Gasteiger partial charge in [0.1, 0.15) is 5.69 Å². The predicted octanol–water partition coefficient (Wildman–Crippen LogP) is -1.75. The molecule has 3 aliphatic rings. The van der Waals surface area contributed by atoms with Crippen molar-refractivity contribution in [1.82, 2.24) is 34.9 Å². The van der Waals surface area contributed by atoms with E-state index in [4.69, 9.17) is 10.6 Å². The zero-order chi connectivity index (χ0) is 28.7. The number of hydrogen-bond donors (Lipinski definition) is 5. The number of thiazole rings is 1. The summed E-state index contributed by atoms with van der Waals surface area (Å²) in [5, 5.41) is 29.5.